The molecule has 1 saturated carbocycles. The molecule has 1 saturated heterocycles. The van der Waals surface area contributed by atoms with Crippen LogP contribution in [-0.4, -0.2) is 50.6 Å². The lowest BCUT2D eigenvalue weighted by Crippen LogP contribution is -2.45. The van der Waals surface area contributed by atoms with Crippen molar-refractivity contribution in [3.05, 3.63) is 12.4 Å². The Labute approximate surface area is 153 Å². The third kappa shape index (κ3) is 5.23. The number of likely N-dealkylation sites (tertiary alicyclic amines) is 1. The van der Waals surface area contributed by atoms with E-state index in [0.29, 0.717) is 11.7 Å². The molecule has 1 aliphatic carbocycles. The van der Waals surface area contributed by atoms with Crippen molar-refractivity contribution < 1.29 is 9.59 Å². The molecule has 6 nitrogen and oxygen atoms in total. The number of hydrogen-bond acceptors (Lipinski definition) is 4. The summed E-state index contributed by atoms with van der Waals surface area (Å²) in [6.07, 6.45) is 11.6. The molecule has 138 valence electrons. The van der Waals surface area contributed by atoms with E-state index in [4.69, 9.17) is 0 Å². The standard InChI is InChI=1S/C18H28N4O2S/c1-21-12-10-19-18(21)25-15-8-6-14(7-9-15)20-16(23)13-22-11-4-2-3-5-17(22)24/h10,12,14-15H,2-9,11,13H2,1H3,(H,20,23). The van der Waals surface area contributed by atoms with E-state index in [1.807, 2.05) is 31.2 Å². The molecule has 7 heteroatoms. The average Bonchev–Trinajstić information content (AvgIpc) is 2.88. The van der Waals surface area contributed by atoms with Gasteiger partial charge < -0.3 is 14.8 Å². The molecule has 3 rings (SSSR count). The van der Waals surface area contributed by atoms with Gasteiger partial charge in [0.2, 0.25) is 11.8 Å². The highest BCUT2D eigenvalue weighted by Gasteiger charge is 2.25. The van der Waals surface area contributed by atoms with Gasteiger partial charge >= 0.3 is 0 Å². The summed E-state index contributed by atoms with van der Waals surface area (Å²) in [5, 5.41) is 4.77. The van der Waals surface area contributed by atoms with Gasteiger partial charge in [-0.25, -0.2) is 4.98 Å². The van der Waals surface area contributed by atoms with Crippen LogP contribution in [0.5, 0.6) is 0 Å². The minimum Gasteiger partial charge on any atom is -0.352 e. The Kier molecular flexibility index (Phi) is 6.39. The number of aryl methyl sites for hydroxylation is 1. The van der Waals surface area contributed by atoms with E-state index in [2.05, 4.69) is 14.9 Å². The molecule has 2 aliphatic rings. The predicted molar refractivity (Wildman–Crippen MR) is 98.3 cm³/mol. The van der Waals surface area contributed by atoms with Crippen LogP contribution in [0.1, 0.15) is 51.4 Å². The maximum atomic E-state index is 12.3. The number of nitrogens with zero attached hydrogens (tertiary/aromatic N) is 3. The second-order valence-corrected chi connectivity index (χ2v) is 8.37. The van der Waals surface area contributed by atoms with E-state index in [1.165, 1.54) is 0 Å². The lowest BCUT2D eigenvalue weighted by molar-refractivity contribution is -0.135. The monoisotopic (exact) mass is 364 g/mol. The van der Waals surface area contributed by atoms with Crippen molar-refractivity contribution in [3.8, 4) is 0 Å². The number of thioether (sulfide) groups is 1. The van der Waals surface area contributed by atoms with Crippen molar-refractivity contribution in [2.24, 2.45) is 7.05 Å². The summed E-state index contributed by atoms with van der Waals surface area (Å²) >= 11 is 1.84. The summed E-state index contributed by atoms with van der Waals surface area (Å²) in [5.74, 6) is 0.123. The van der Waals surface area contributed by atoms with E-state index in [-0.39, 0.29) is 24.4 Å². The van der Waals surface area contributed by atoms with Gasteiger partial charge in [0.15, 0.2) is 5.16 Å². The number of aromatic nitrogens is 2. The number of amides is 2. The Bertz CT molecular complexity index is 596. The Morgan fingerprint density at radius 1 is 1.28 bits per heavy atom. The first-order chi connectivity index (χ1) is 12.1. The summed E-state index contributed by atoms with van der Waals surface area (Å²) in [5.41, 5.74) is 0. The largest absolute Gasteiger partial charge is 0.352 e. The molecule has 0 atom stereocenters. The van der Waals surface area contributed by atoms with Gasteiger partial charge in [0.25, 0.3) is 0 Å². The van der Waals surface area contributed by atoms with Crippen molar-refractivity contribution in [1.29, 1.82) is 0 Å². The second kappa shape index (κ2) is 8.74. The lowest BCUT2D eigenvalue weighted by Gasteiger charge is -2.29. The van der Waals surface area contributed by atoms with Crippen LogP contribution in [0.15, 0.2) is 17.6 Å². The highest BCUT2D eigenvalue weighted by molar-refractivity contribution is 7.99. The normalized spacial score (nSPS) is 24.8. The van der Waals surface area contributed by atoms with Gasteiger partial charge in [0.05, 0.1) is 6.54 Å². The third-order valence-corrected chi connectivity index (χ3v) is 6.50. The van der Waals surface area contributed by atoms with Crippen LogP contribution < -0.4 is 5.32 Å². The Morgan fingerprint density at radius 2 is 2.08 bits per heavy atom. The van der Waals surface area contributed by atoms with E-state index in [1.54, 1.807) is 4.90 Å². The molecule has 1 aromatic rings. The number of hydrogen-bond donors (Lipinski definition) is 1. The van der Waals surface area contributed by atoms with E-state index in [9.17, 15) is 9.59 Å². The quantitative estimate of drug-likeness (QED) is 0.871. The average molecular weight is 365 g/mol. The van der Waals surface area contributed by atoms with Crippen LogP contribution >= 0.6 is 11.8 Å². The number of carbonyl (C=O) groups is 2. The molecule has 0 aromatic carbocycles. The van der Waals surface area contributed by atoms with Crippen molar-refractivity contribution in [3.63, 3.8) is 0 Å². The molecule has 2 heterocycles. The van der Waals surface area contributed by atoms with Crippen LogP contribution in [0.25, 0.3) is 0 Å². The van der Waals surface area contributed by atoms with Gasteiger partial charge in [0, 0.05) is 43.7 Å². The third-order valence-electron chi connectivity index (χ3n) is 5.09. The molecule has 1 aromatic heterocycles. The van der Waals surface area contributed by atoms with Crippen molar-refractivity contribution >= 4 is 23.6 Å². The zero-order valence-electron chi connectivity index (χ0n) is 14.9. The fraction of sp³-hybridized carbons (Fsp3) is 0.722. The van der Waals surface area contributed by atoms with E-state index in [0.717, 1.165) is 56.6 Å². The maximum absolute atomic E-state index is 12.3. The van der Waals surface area contributed by atoms with Crippen molar-refractivity contribution in [2.45, 2.75) is 67.8 Å². The lowest BCUT2D eigenvalue weighted by atomic mass is 9.95. The van der Waals surface area contributed by atoms with E-state index < -0.39 is 0 Å². The molecular formula is C18H28N4O2S. The van der Waals surface area contributed by atoms with Gasteiger partial charge in [-0.15, -0.1) is 0 Å². The van der Waals surface area contributed by atoms with Crippen molar-refractivity contribution in [2.75, 3.05) is 13.1 Å². The first-order valence-electron chi connectivity index (χ1n) is 9.33. The van der Waals surface area contributed by atoms with E-state index >= 15 is 0 Å². The van der Waals surface area contributed by atoms with Crippen LogP contribution in [0.4, 0.5) is 0 Å². The molecule has 1 N–H and O–H groups in total. The number of carbonyl (C=O) groups excluding carboxylic acids is 2. The highest BCUT2D eigenvalue weighted by atomic mass is 32.2. The molecule has 1 aliphatic heterocycles. The molecule has 2 fully saturated rings. The molecule has 25 heavy (non-hydrogen) atoms. The Morgan fingerprint density at radius 3 is 2.80 bits per heavy atom. The summed E-state index contributed by atoms with van der Waals surface area (Å²) in [6, 6.07) is 0.243. The zero-order valence-corrected chi connectivity index (χ0v) is 15.8. The molecule has 0 bridgehead atoms. The van der Waals surface area contributed by atoms with Gasteiger partial charge in [-0.2, -0.15) is 0 Å². The number of nitrogens with one attached hydrogen (secondary N) is 1. The van der Waals surface area contributed by atoms with Crippen molar-refractivity contribution in [1.82, 2.24) is 19.8 Å². The molecular weight excluding hydrogens is 336 g/mol. The van der Waals surface area contributed by atoms with Gasteiger partial charge in [-0.1, -0.05) is 18.2 Å². The number of imidazole rings is 1. The first-order valence-corrected chi connectivity index (χ1v) is 10.2. The molecule has 0 unspecified atom stereocenters. The van der Waals surface area contributed by atoms with Crippen LogP contribution in [-0.2, 0) is 16.6 Å². The summed E-state index contributed by atoms with van der Waals surface area (Å²) in [6.45, 7) is 0.945. The molecule has 2 amide bonds. The maximum Gasteiger partial charge on any atom is 0.239 e. The Balaban J connectivity index is 1.40. The van der Waals surface area contributed by atoms with Crippen LogP contribution in [0, 0.1) is 0 Å². The topological polar surface area (TPSA) is 67.2 Å². The van der Waals surface area contributed by atoms with Crippen LogP contribution in [0.2, 0.25) is 0 Å². The first kappa shape index (κ1) is 18.3. The van der Waals surface area contributed by atoms with Gasteiger partial charge in [-0.3, -0.25) is 9.59 Å². The molecule has 0 radical (unpaired) electrons. The second-order valence-electron chi connectivity index (χ2n) is 7.11. The molecule has 0 spiro atoms. The minimum absolute atomic E-state index is 0.00421. The van der Waals surface area contributed by atoms with Gasteiger partial charge in [0.1, 0.15) is 0 Å². The SMILES string of the molecule is Cn1ccnc1SC1CCC(NC(=O)CN2CCCCCC2=O)CC1. The minimum atomic E-state index is -0.00421. The Hall–Kier alpha value is -1.50. The highest BCUT2D eigenvalue weighted by Crippen LogP contribution is 2.32. The van der Waals surface area contributed by atoms with Crippen LogP contribution in [0.3, 0.4) is 0 Å². The summed E-state index contributed by atoms with van der Waals surface area (Å²) < 4.78 is 2.05. The zero-order chi connectivity index (χ0) is 17.6. The summed E-state index contributed by atoms with van der Waals surface area (Å²) in [7, 11) is 2.02. The smallest absolute Gasteiger partial charge is 0.239 e. The summed E-state index contributed by atoms with van der Waals surface area (Å²) in [4.78, 5) is 30.4. The fourth-order valence-electron chi connectivity index (χ4n) is 3.59. The number of rotatable bonds is 5. The fourth-order valence-corrected chi connectivity index (χ4v) is 4.75. The predicted octanol–water partition coefficient (Wildman–Crippen LogP) is 2.34. The van der Waals surface area contributed by atoms with Gasteiger partial charge in [-0.05, 0) is 38.5 Å².